The van der Waals surface area contributed by atoms with Gasteiger partial charge in [-0.15, -0.1) is 0 Å². The van der Waals surface area contributed by atoms with Gasteiger partial charge in [0.25, 0.3) is 0 Å². The molecule has 6 heteroatoms. The minimum absolute atomic E-state index is 0.251. The molecule has 22 heavy (non-hydrogen) atoms. The SMILES string of the molecule is COc1cccc(S(=O)(=O)C2CCN(OC(C)(C)C)CC2)c1. The third-order valence-corrected chi connectivity index (χ3v) is 5.87. The molecular weight excluding hydrogens is 302 g/mol. The maximum absolute atomic E-state index is 12.7. The quantitative estimate of drug-likeness (QED) is 0.851. The van der Waals surface area contributed by atoms with Gasteiger partial charge < -0.3 is 4.74 Å². The van der Waals surface area contributed by atoms with Crippen LogP contribution in [0.2, 0.25) is 0 Å². The molecule has 0 saturated carbocycles. The zero-order valence-corrected chi connectivity index (χ0v) is 14.5. The van der Waals surface area contributed by atoms with Gasteiger partial charge in [-0.2, -0.15) is 5.06 Å². The van der Waals surface area contributed by atoms with Crippen LogP contribution in [0.3, 0.4) is 0 Å². The first-order valence-corrected chi connectivity index (χ1v) is 9.09. The monoisotopic (exact) mass is 327 g/mol. The predicted molar refractivity (Wildman–Crippen MR) is 85.6 cm³/mol. The van der Waals surface area contributed by atoms with Crippen LogP contribution in [0.15, 0.2) is 29.2 Å². The second kappa shape index (κ2) is 6.56. The van der Waals surface area contributed by atoms with Gasteiger partial charge in [0, 0.05) is 13.1 Å². The third-order valence-electron chi connectivity index (χ3n) is 3.61. The highest BCUT2D eigenvalue weighted by molar-refractivity contribution is 7.92. The number of rotatable bonds is 4. The van der Waals surface area contributed by atoms with E-state index in [2.05, 4.69) is 0 Å². The number of sulfone groups is 1. The van der Waals surface area contributed by atoms with Gasteiger partial charge in [-0.1, -0.05) is 6.07 Å². The van der Waals surface area contributed by atoms with Crippen LogP contribution in [0.25, 0.3) is 0 Å². The second-order valence-electron chi connectivity index (χ2n) is 6.56. The third kappa shape index (κ3) is 4.21. The topological polar surface area (TPSA) is 55.8 Å². The van der Waals surface area contributed by atoms with E-state index in [0.29, 0.717) is 36.6 Å². The molecule has 0 atom stereocenters. The summed E-state index contributed by atoms with van der Waals surface area (Å²) in [6, 6.07) is 6.69. The predicted octanol–water partition coefficient (Wildman–Crippen LogP) is 2.66. The van der Waals surface area contributed by atoms with Crippen molar-refractivity contribution < 1.29 is 18.0 Å². The van der Waals surface area contributed by atoms with Crippen molar-refractivity contribution in [2.75, 3.05) is 20.2 Å². The van der Waals surface area contributed by atoms with Crippen molar-refractivity contribution in [3.8, 4) is 5.75 Å². The van der Waals surface area contributed by atoms with Crippen molar-refractivity contribution in [1.82, 2.24) is 5.06 Å². The Hall–Kier alpha value is -1.11. The Morgan fingerprint density at radius 1 is 1.18 bits per heavy atom. The maximum Gasteiger partial charge on any atom is 0.181 e. The first-order chi connectivity index (χ1) is 10.2. The van der Waals surface area contributed by atoms with Gasteiger partial charge in [0.1, 0.15) is 5.75 Å². The number of hydrogen-bond acceptors (Lipinski definition) is 5. The standard InChI is InChI=1S/C16H25NO4S/c1-16(2,3)21-17-10-8-14(9-11-17)22(18,19)15-7-5-6-13(12-15)20-4/h5-7,12,14H,8-11H2,1-4H3. The van der Waals surface area contributed by atoms with E-state index in [-0.39, 0.29) is 10.9 Å². The van der Waals surface area contributed by atoms with E-state index >= 15 is 0 Å². The minimum Gasteiger partial charge on any atom is -0.497 e. The molecule has 1 aliphatic heterocycles. The van der Waals surface area contributed by atoms with Gasteiger partial charge >= 0.3 is 0 Å². The van der Waals surface area contributed by atoms with Crippen molar-refractivity contribution in [3.63, 3.8) is 0 Å². The van der Waals surface area contributed by atoms with Crippen LogP contribution in [0.5, 0.6) is 5.75 Å². The summed E-state index contributed by atoms with van der Waals surface area (Å²) >= 11 is 0. The molecule has 1 heterocycles. The molecule has 0 bridgehead atoms. The molecule has 1 aromatic carbocycles. The van der Waals surface area contributed by atoms with Gasteiger partial charge in [0.15, 0.2) is 9.84 Å². The fourth-order valence-electron chi connectivity index (χ4n) is 2.59. The van der Waals surface area contributed by atoms with E-state index in [1.165, 1.54) is 7.11 Å². The highest BCUT2D eigenvalue weighted by Crippen LogP contribution is 2.27. The second-order valence-corrected chi connectivity index (χ2v) is 8.78. The summed E-state index contributed by atoms with van der Waals surface area (Å²) in [5, 5.41) is 1.51. The van der Waals surface area contributed by atoms with Crippen LogP contribution in [-0.2, 0) is 14.7 Å². The van der Waals surface area contributed by atoms with Crippen LogP contribution in [0.1, 0.15) is 33.6 Å². The Morgan fingerprint density at radius 3 is 2.36 bits per heavy atom. The number of hydroxylamine groups is 2. The molecule has 0 radical (unpaired) electrons. The summed E-state index contributed by atoms with van der Waals surface area (Å²) in [4.78, 5) is 6.14. The molecule has 1 saturated heterocycles. The first-order valence-electron chi connectivity index (χ1n) is 7.54. The fourth-order valence-corrected chi connectivity index (χ4v) is 4.36. The van der Waals surface area contributed by atoms with E-state index in [1.807, 2.05) is 25.8 Å². The molecule has 0 aromatic heterocycles. The largest absolute Gasteiger partial charge is 0.497 e. The van der Waals surface area contributed by atoms with E-state index in [4.69, 9.17) is 9.57 Å². The Kier molecular flexibility index (Phi) is 5.14. The lowest BCUT2D eigenvalue weighted by Gasteiger charge is -2.35. The van der Waals surface area contributed by atoms with Crippen molar-refractivity contribution in [2.24, 2.45) is 0 Å². The number of benzene rings is 1. The Bertz CT molecular complexity index is 599. The summed E-state index contributed by atoms with van der Waals surface area (Å²) in [7, 11) is -1.79. The zero-order valence-electron chi connectivity index (χ0n) is 13.7. The van der Waals surface area contributed by atoms with Gasteiger partial charge in [-0.05, 0) is 51.8 Å². The average molecular weight is 327 g/mol. The molecular formula is C16H25NO4S. The summed E-state index contributed by atoms with van der Waals surface area (Å²) in [5.41, 5.74) is -0.251. The Morgan fingerprint density at radius 2 is 1.82 bits per heavy atom. The normalized spacial score (nSPS) is 18.4. The first kappa shape index (κ1) is 17.2. The molecule has 1 aromatic rings. The van der Waals surface area contributed by atoms with Gasteiger partial charge in [-0.3, -0.25) is 4.84 Å². The molecule has 0 N–H and O–H groups in total. The number of methoxy groups -OCH3 is 1. The highest BCUT2D eigenvalue weighted by atomic mass is 32.2. The van der Waals surface area contributed by atoms with Gasteiger partial charge in [-0.25, -0.2) is 8.42 Å². The molecule has 2 rings (SSSR count). The molecule has 1 fully saturated rings. The van der Waals surface area contributed by atoms with Crippen LogP contribution in [-0.4, -0.2) is 44.5 Å². The number of hydrogen-bond donors (Lipinski definition) is 0. The zero-order chi connectivity index (χ0) is 16.4. The summed E-state index contributed by atoms with van der Waals surface area (Å²) in [5.74, 6) is 0.564. The van der Waals surface area contributed by atoms with Crippen molar-refractivity contribution >= 4 is 9.84 Å². The molecule has 124 valence electrons. The summed E-state index contributed by atoms with van der Waals surface area (Å²) < 4.78 is 30.6. The average Bonchev–Trinajstić information content (AvgIpc) is 2.46. The lowest BCUT2D eigenvalue weighted by atomic mass is 10.1. The number of ether oxygens (including phenoxy) is 1. The van der Waals surface area contributed by atoms with Crippen molar-refractivity contribution in [1.29, 1.82) is 0 Å². The molecule has 0 spiro atoms. The van der Waals surface area contributed by atoms with Crippen LogP contribution in [0, 0.1) is 0 Å². The van der Waals surface area contributed by atoms with Crippen molar-refractivity contribution in [3.05, 3.63) is 24.3 Å². The Labute approximate surface area is 133 Å². The smallest absolute Gasteiger partial charge is 0.181 e. The number of nitrogens with zero attached hydrogens (tertiary/aromatic N) is 1. The minimum atomic E-state index is -3.32. The van der Waals surface area contributed by atoms with E-state index in [1.54, 1.807) is 24.3 Å². The maximum atomic E-state index is 12.7. The fraction of sp³-hybridized carbons (Fsp3) is 0.625. The Balaban J connectivity index is 2.06. The van der Waals surface area contributed by atoms with Crippen LogP contribution >= 0.6 is 0 Å². The molecule has 5 nitrogen and oxygen atoms in total. The van der Waals surface area contributed by atoms with Crippen LogP contribution < -0.4 is 4.74 Å². The summed E-state index contributed by atoms with van der Waals surface area (Å²) in [6.45, 7) is 7.24. The molecule has 1 aliphatic rings. The molecule has 0 aliphatic carbocycles. The molecule has 0 amide bonds. The van der Waals surface area contributed by atoms with Crippen molar-refractivity contribution in [2.45, 2.75) is 49.4 Å². The lowest BCUT2D eigenvalue weighted by molar-refractivity contribution is -0.234. The van der Waals surface area contributed by atoms with E-state index in [9.17, 15) is 8.42 Å². The lowest BCUT2D eigenvalue weighted by Crippen LogP contribution is -2.42. The van der Waals surface area contributed by atoms with E-state index in [0.717, 1.165) is 0 Å². The highest BCUT2D eigenvalue weighted by Gasteiger charge is 2.33. The number of piperidine rings is 1. The molecule has 0 unspecified atom stereocenters. The van der Waals surface area contributed by atoms with Crippen LogP contribution in [0.4, 0.5) is 0 Å². The summed E-state index contributed by atoms with van der Waals surface area (Å²) in [6.07, 6.45) is 1.16. The van der Waals surface area contributed by atoms with Gasteiger partial charge in [0.05, 0.1) is 22.9 Å². The van der Waals surface area contributed by atoms with Gasteiger partial charge in [0.2, 0.25) is 0 Å². The van der Waals surface area contributed by atoms with E-state index < -0.39 is 9.84 Å².